The Hall–Kier alpha value is -2.64. The Morgan fingerprint density at radius 3 is 2.30 bits per heavy atom. The molecular formula is C23H33N3O4. The molecule has 0 aliphatic rings. The van der Waals surface area contributed by atoms with E-state index in [0.717, 1.165) is 12.1 Å². The predicted octanol–water partition coefficient (Wildman–Crippen LogP) is 2.66. The molecule has 164 valence electrons. The minimum Gasteiger partial charge on any atom is -0.469 e. The standard InChI is InChI=1S/C23H33N3O4/c1-19-21(11-16-30-19)23(28)25(15-17-29-4)12-10-22(27)26(14-13-24(2)3)18-20-8-6-5-7-9-20/h5-9,11,16H,10,12-15,17-18H2,1-4H3. The van der Waals surface area contributed by atoms with Crippen LogP contribution < -0.4 is 0 Å². The molecule has 0 atom stereocenters. The second-order valence-electron chi connectivity index (χ2n) is 7.53. The molecule has 0 radical (unpaired) electrons. The Morgan fingerprint density at radius 2 is 1.70 bits per heavy atom. The fraction of sp³-hybridized carbons (Fsp3) is 0.478. The Balaban J connectivity index is 2.04. The van der Waals surface area contributed by atoms with Crippen LogP contribution in [0.1, 0.15) is 28.1 Å². The maximum atomic E-state index is 13.0. The molecular weight excluding hydrogens is 382 g/mol. The smallest absolute Gasteiger partial charge is 0.257 e. The third-order valence-corrected chi connectivity index (χ3v) is 4.92. The number of likely N-dealkylation sites (N-methyl/N-ethyl adjacent to an activating group) is 1. The van der Waals surface area contributed by atoms with E-state index in [1.807, 2.05) is 49.3 Å². The molecule has 0 aliphatic heterocycles. The van der Waals surface area contributed by atoms with Gasteiger partial charge in [0.05, 0.1) is 18.4 Å². The summed E-state index contributed by atoms with van der Waals surface area (Å²) in [6.07, 6.45) is 1.76. The normalized spacial score (nSPS) is 11.0. The van der Waals surface area contributed by atoms with Crippen molar-refractivity contribution in [2.45, 2.75) is 19.9 Å². The van der Waals surface area contributed by atoms with Crippen molar-refractivity contribution < 1.29 is 18.7 Å². The summed E-state index contributed by atoms with van der Waals surface area (Å²) < 4.78 is 10.4. The molecule has 30 heavy (non-hydrogen) atoms. The topological polar surface area (TPSA) is 66.2 Å². The van der Waals surface area contributed by atoms with E-state index in [9.17, 15) is 9.59 Å². The third kappa shape index (κ3) is 7.31. The van der Waals surface area contributed by atoms with Crippen molar-refractivity contribution in [1.29, 1.82) is 0 Å². The first kappa shape index (κ1) is 23.6. The van der Waals surface area contributed by atoms with Crippen molar-refractivity contribution >= 4 is 11.8 Å². The molecule has 0 aliphatic carbocycles. The van der Waals surface area contributed by atoms with Crippen molar-refractivity contribution in [3.8, 4) is 0 Å². The molecule has 0 bridgehead atoms. The number of benzene rings is 1. The number of carbonyl (C=O) groups is 2. The number of nitrogens with zero attached hydrogens (tertiary/aromatic N) is 3. The summed E-state index contributed by atoms with van der Waals surface area (Å²) in [7, 11) is 5.58. The van der Waals surface area contributed by atoms with Crippen molar-refractivity contribution in [2.75, 3.05) is 54.0 Å². The van der Waals surface area contributed by atoms with E-state index >= 15 is 0 Å². The molecule has 0 unspecified atom stereocenters. The summed E-state index contributed by atoms with van der Waals surface area (Å²) in [5, 5.41) is 0. The van der Waals surface area contributed by atoms with Gasteiger partial charge in [0, 0.05) is 46.3 Å². The lowest BCUT2D eigenvalue weighted by atomic mass is 10.2. The molecule has 0 saturated heterocycles. The van der Waals surface area contributed by atoms with Gasteiger partial charge >= 0.3 is 0 Å². The zero-order valence-corrected chi connectivity index (χ0v) is 18.5. The van der Waals surface area contributed by atoms with Gasteiger partial charge in [-0.05, 0) is 32.6 Å². The predicted molar refractivity (Wildman–Crippen MR) is 116 cm³/mol. The van der Waals surface area contributed by atoms with Crippen molar-refractivity contribution in [3.05, 3.63) is 59.5 Å². The summed E-state index contributed by atoms with van der Waals surface area (Å²) in [4.78, 5) is 31.5. The minimum absolute atomic E-state index is 0.0276. The van der Waals surface area contributed by atoms with Gasteiger partial charge in [0.25, 0.3) is 5.91 Å². The summed E-state index contributed by atoms with van der Waals surface area (Å²) in [5.41, 5.74) is 1.61. The van der Waals surface area contributed by atoms with E-state index in [-0.39, 0.29) is 18.2 Å². The lowest BCUT2D eigenvalue weighted by Crippen LogP contribution is -2.40. The van der Waals surface area contributed by atoms with E-state index in [4.69, 9.17) is 9.15 Å². The summed E-state index contributed by atoms with van der Waals surface area (Å²) in [6.45, 7) is 4.89. The monoisotopic (exact) mass is 415 g/mol. The number of methoxy groups -OCH3 is 1. The molecule has 1 aromatic carbocycles. The van der Waals surface area contributed by atoms with E-state index in [1.165, 1.54) is 6.26 Å². The molecule has 2 amide bonds. The van der Waals surface area contributed by atoms with E-state index in [1.54, 1.807) is 25.0 Å². The number of hydrogen-bond donors (Lipinski definition) is 0. The SMILES string of the molecule is COCCN(CCC(=O)N(CCN(C)C)Cc1ccccc1)C(=O)c1ccoc1C. The third-order valence-electron chi connectivity index (χ3n) is 4.92. The number of amides is 2. The maximum absolute atomic E-state index is 13.0. The van der Waals surface area contributed by atoms with Crippen LogP contribution in [0.2, 0.25) is 0 Å². The van der Waals surface area contributed by atoms with Crippen LogP contribution in [0.25, 0.3) is 0 Å². The molecule has 7 nitrogen and oxygen atoms in total. The first-order valence-corrected chi connectivity index (χ1v) is 10.2. The second kappa shape index (κ2) is 12.1. The molecule has 0 spiro atoms. The van der Waals surface area contributed by atoms with E-state index in [2.05, 4.69) is 4.90 Å². The fourth-order valence-corrected chi connectivity index (χ4v) is 3.10. The zero-order valence-electron chi connectivity index (χ0n) is 18.5. The Kier molecular flexibility index (Phi) is 9.57. The van der Waals surface area contributed by atoms with E-state index in [0.29, 0.717) is 44.1 Å². The molecule has 0 fully saturated rings. The van der Waals surface area contributed by atoms with Gasteiger partial charge in [-0.2, -0.15) is 0 Å². The number of rotatable bonds is 12. The van der Waals surface area contributed by atoms with Gasteiger partial charge in [-0.3, -0.25) is 9.59 Å². The summed E-state index contributed by atoms with van der Waals surface area (Å²) >= 11 is 0. The van der Waals surface area contributed by atoms with Crippen molar-refractivity contribution in [3.63, 3.8) is 0 Å². The highest BCUT2D eigenvalue weighted by Crippen LogP contribution is 2.13. The van der Waals surface area contributed by atoms with Crippen LogP contribution in [0.4, 0.5) is 0 Å². The van der Waals surface area contributed by atoms with Gasteiger partial charge in [0.2, 0.25) is 5.91 Å². The number of hydrogen-bond acceptors (Lipinski definition) is 5. The van der Waals surface area contributed by atoms with Gasteiger partial charge in [0.1, 0.15) is 5.76 Å². The summed E-state index contributed by atoms with van der Waals surface area (Å²) in [6, 6.07) is 11.6. The van der Waals surface area contributed by atoms with Crippen LogP contribution in [0.5, 0.6) is 0 Å². The highest BCUT2D eigenvalue weighted by molar-refractivity contribution is 5.95. The zero-order chi connectivity index (χ0) is 21.9. The average molecular weight is 416 g/mol. The summed E-state index contributed by atoms with van der Waals surface area (Å²) in [5.74, 6) is 0.458. The Labute approximate surface area is 179 Å². The lowest BCUT2D eigenvalue weighted by molar-refractivity contribution is -0.132. The van der Waals surface area contributed by atoms with Gasteiger partial charge in [-0.25, -0.2) is 0 Å². The minimum atomic E-state index is -0.144. The first-order valence-electron chi connectivity index (χ1n) is 10.2. The maximum Gasteiger partial charge on any atom is 0.257 e. The van der Waals surface area contributed by atoms with Crippen LogP contribution in [0.15, 0.2) is 47.1 Å². The van der Waals surface area contributed by atoms with Crippen LogP contribution in [-0.2, 0) is 16.1 Å². The second-order valence-corrected chi connectivity index (χ2v) is 7.53. The molecule has 0 saturated carbocycles. The largest absolute Gasteiger partial charge is 0.469 e. The molecule has 2 rings (SSSR count). The highest BCUT2D eigenvalue weighted by Gasteiger charge is 2.22. The number of ether oxygens (including phenoxy) is 1. The van der Waals surface area contributed by atoms with Crippen molar-refractivity contribution in [2.24, 2.45) is 0 Å². The lowest BCUT2D eigenvalue weighted by Gasteiger charge is -2.27. The van der Waals surface area contributed by atoms with Gasteiger partial charge in [0.15, 0.2) is 0 Å². The molecule has 1 heterocycles. The average Bonchev–Trinajstić information content (AvgIpc) is 3.17. The first-order chi connectivity index (χ1) is 14.4. The highest BCUT2D eigenvalue weighted by atomic mass is 16.5. The van der Waals surface area contributed by atoms with Crippen molar-refractivity contribution in [1.82, 2.24) is 14.7 Å². The molecule has 7 heteroatoms. The van der Waals surface area contributed by atoms with Gasteiger partial charge in [-0.15, -0.1) is 0 Å². The quantitative estimate of drug-likeness (QED) is 0.533. The molecule has 2 aromatic rings. The fourth-order valence-electron chi connectivity index (χ4n) is 3.10. The van der Waals surface area contributed by atoms with Crippen LogP contribution in [-0.4, -0.2) is 80.5 Å². The number of furan rings is 1. The molecule has 1 aromatic heterocycles. The van der Waals surface area contributed by atoms with Gasteiger partial charge in [-0.1, -0.05) is 30.3 Å². The Bertz CT molecular complexity index is 789. The van der Waals surface area contributed by atoms with E-state index < -0.39 is 0 Å². The number of carbonyl (C=O) groups excluding carboxylic acids is 2. The van der Waals surface area contributed by atoms with Gasteiger partial charge < -0.3 is 23.9 Å². The molecule has 0 N–H and O–H groups in total. The number of aryl methyl sites for hydroxylation is 1. The van der Waals surface area contributed by atoms with Crippen LogP contribution in [0.3, 0.4) is 0 Å². The Morgan fingerprint density at radius 1 is 0.967 bits per heavy atom. The van der Waals surface area contributed by atoms with Crippen LogP contribution in [0, 0.1) is 6.92 Å². The van der Waals surface area contributed by atoms with Crippen LogP contribution >= 0.6 is 0 Å².